The highest BCUT2D eigenvalue weighted by Crippen LogP contribution is 2.25. The van der Waals surface area contributed by atoms with E-state index in [-0.39, 0.29) is 29.8 Å². The molecule has 0 spiro atoms. The molecular weight excluding hydrogens is 279 g/mol. The number of rotatable bonds is 4. The lowest BCUT2D eigenvalue weighted by molar-refractivity contribution is -0.384. The van der Waals surface area contributed by atoms with Gasteiger partial charge in [-0.25, -0.2) is 4.39 Å². The summed E-state index contributed by atoms with van der Waals surface area (Å²) in [5, 5.41) is 22.7. The van der Waals surface area contributed by atoms with Crippen molar-refractivity contribution in [3.8, 4) is 0 Å². The summed E-state index contributed by atoms with van der Waals surface area (Å²) in [6.07, 6.45) is 3.44. The van der Waals surface area contributed by atoms with Gasteiger partial charge in [0.25, 0.3) is 11.6 Å². The summed E-state index contributed by atoms with van der Waals surface area (Å²) in [4.78, 5) is 22.1. The van der Waals surface area contributed by atoms with E-state index >= 15 is 0 Å². The highest BCUT2D eigenvalue weighted by atomic mass is 19.1. The molecule has 0 saturated heterocycles. The van der Waals surface area contributed by atoms with Gasteiger partial charge in [-0.2, -0.15) is 0 Å². The van der Waals surface area contributed by atoms with Gasteiger partial charge in [0.1, 0.15) is 5.82 Å². The maximum Gasteiger partial charge on any atom is 0.270 e. The lowest BCUT2D eigenvalue weighted by atomic mass is 9.85. The van der Waals surface area contributed by atoms with Crippen molar-refractivity contribution in [3.05, 3.63) is 39.7 Å². The molecule has 1 saturated carbocycles. The van der Waals surface area contributed by atoms with Crippen molar-refractivity contribution in [2.24, 2.45) is 5.92 Å². The van der Waals surface area contributed by atoms with E-state index in [1.807, 2.05) is 0 Å². The zero-order valence-electron chi connectivity index (χ0n) is 11.4. The fourth-order valence-electron chi connectivity index (χ4n) is 2.66. The molecule has 1 amide bonds. The molecule has 2 N–H and O–H groups in total. The van der Waals surface area contributed by atoms with Crippen LogP contribution in [-0.4, -0.2) is 28.6 Å². The van der Waals surface area contributed by atoms with E-state index in [4.69, 9.17) is 0 Å². The molecule has 1 aliphatic rings. The summed E-state index contributed by atoms with van der Waals surface area (Å²) in [5.41, 5.74) is -0.671. The van der Waals surface area contributed by atoms with Crippen molar-refractivity contribution in [1.82, 2.24) is 5.32 Å². The molecule has 0 radical (unpaired) electrons. The Kier molecular flexibility index (Phi) is 4.85. The first kappa shape index (κ1) is 15.4. The molecule has 7 heteroatoms. The zero-order chi connectivity index (χ0) is 15.4. The predicted octanol–water partition coefficient (Wildman–Crippen LogP) is 2.01. The molecule has 6 nitrogen and oxygen atoms in total. The minimum absolute atomic E-state index is 0.0393. The number of halogens is 1. The molecule has 1 aliphatic carbocycles. The quantitative estimate of drug-likeness (QED) is 0.656. The molecule has 0 aromatic heterocycles. The van der Waals surface area contributed by atoms with Gasteiger partial charge in [0.15, 0.2) is 0 Å². The fourth-order valence-corrected chi connectivity index (χ4v) is 2.66. The number of amides is 1. The number of nitrogens with zero attached hydrogens (tertiary/aromatic N) is 1. The Morgan fingerprint density at radius 3 is 2.81 bits per heavy atom. The van der Waals surface area contributed by atoms with Crippen LogP contribution in [0.5, 0.6) is 0 Å². The summed E-state index contributed by atoms with van der Waals surface area (Å²) >= 11 is 0. The molecule has 114 valence electrons. The van der Waals surface area contributed by atoms with E-state index in [0.29, 0.717) is 6.42 Å². The minimum atomic E-state index is -0.797. The van der Waals surface area contributed by atoms with Gasteiger partial charge in [-0.3, -0.25) is 14.9 Å². The summed E-state index contributed by atoms with van der Waals surface area (Å²) in [6.45, 7) is -0.0393. The van der Waals surface area contributed by atoms with Crippen molar-refractivity contribution in [3.63, 3.8) is 0 Å². The first-order chi connectivity index (χ1) is 10.0. The van der Waals surface area contributed by atoms with Crippen LogP contribution in [0.2, 0.25) is 0 Å². The van der Waals surface area contributed by atoms with Gasteiger partial charge in [-0.05, 0) is 18.9 Å². The zero-order valence-corrected chi connectivity index (χ0v) is 11.4. The lowest BCUT2D eigenvalue weighted by Gasteiger charge is -2.30. The SMILES string of the molecule is O=C(NC1CCCCC1CO)c1cc([N+](=O)[O-])ccc1F. The van der Waals surface area contributed by atoms with E-state index in [1.165, 1.54) is 0 Å². The van der Waals surface area contributed by atoms with Crippen LogP contribution in [0, 0.1) is 21.8 Å². The molecule has 2 rings (SSSR count). The number of nitro benzene ring substituents is 1. The van der Waals surface area contributed by atoms with Crippen LogP contribution >= 0.6 is 0 Å². The van der Waals surface area contributed by atoms with Crippen LogP contribution in [0.15, 0.2) is 18.2 Å². The Bertz CT molecular complexity index is 550. The standard InChI is InChI=1S/C14H17FN2O4/c15-12-6-5-10(17(20)21)7-11(12)14(19)16-13-4-2-1-3-9(13)8-18/h5-7,9,13,18H,1-4,8H2,(H,16,19). The smallest absolute Gasteiger partial charge is 0.270 e. The third-order valence-corrected chi connectivity index (χ3v) is 3.87. The first-order valence-electron chi connectivity index (χ1n) is 6.88. The summed E-state index contributed by atoms with van der Waals surface area (Å²) < 4.78 is 13.7. The third-order valence-electron chi connectivity index (χ3n) is 3.87. The summed E-state index contributed by atoms with van der Waals surface area (Å²) in [5.74, 6) is -1.53. The molecule has 0 aliphatic heterocycles. The molecule has 21 heavy (non-hydrogen) atoms. The average Bonchev–Trinajstić information content (AvgIpc) is 2.47. The number of aliphatic hydroxyl groups is 1. The monoisotopic (exact) mass is 296 g/mol. The molecule has 1 aromatic carbocycles. The minimum Gasteiger partial charge on any atom is -0.396 e. The van der Waals surface area contributed by atoms with Gasteiger partial charge in [-0.1, -0.05) is 12.8 Å². The van der Waals surface area contributed by atoms with Crippen LogP contribution in [0.1, 0.15) is 36.0 Å². The summed E-state index contributed by atoms with van der Waals surface area (Å²) in [7, 11) is 0. The van der Waals surface area contributed by atoms with Gasteiger partial charge >= 0.3 is 0 Å². The number of benzene rings is 1. The van der Waals surface area contributed by atoms with Gasteiger partial charge in [-0.15, -0.1) is 0 Å². The fraction of sp³-hybridized carbons (Fsp3) is 0.500. The lowest BCUT2D eigenvalue weighted by Crippen LogP contribution is -2.43. The molecule has 0 heterocycles. The Balaban J connectivity index is 2.16. The van der Waals surface area contributed by atoms with Crippen molar-refractivity contribution in [2.45, 2.75) is 31.7 Å². The Labute approximate surface area is 121 Å². The van der Waals surface area contributed by atoms with Crippen LogP contribution in [0.25, 0.3) is 0 Å². The molecule has 1 fully saturated rings. The topological polar surface area (TPSA) is 92.5 Å². The number of non-ortho nitro benzene ring substituents is 1. The van der Waals surface area contributed by atoms with Crippen LogP contribution in [0.3, 0.4) is 0 Å². The second kappa shape index (κ2) is 6.62. The number of nitrogens with one attached hydrogen (secondary N) is 1. The number of hydrogen-bond acceptors (Lipinski definition) is 4. The molecule has 2 atom stereocenters. The maximum atomic E-state index is 13.7. The van der Waals surface area contributed by atoms with Crippen molar-refractivity contribution in [1.29, 1.82) is 0 Å². The number of carbonyl (C=O) groups is 1. The van der Waals surface area contributed by atoms with E-state index in [0.717, 1.165) is 37.5 Å². The van der Waals surface area contributed by atoms with Crippen molar-refractivity contribution >= 4 is 11.6 Å². The van der Waals surface area contributed by atoms with Gasteiger partial charge in [0, 0.05) is 30.7 Å². The van der Waals surface area contributed by atoms with Crippen LogP contribution in [0.4, 0.5) is 10.1 Å². The number of nitro groups is 1. The van der Waals surface area contributed by atoms with Crippen molar-refractivity contribution < 1.29 is 19.2 Å². The summed E-state index contributed by atoms with van der Waals surface area (Å²) in [6, 6.07) is 2.64. The van der Waals surface area contributed by atoms with Crippen LogP contribution < -0.4 is 5.32 Å². The molecule has 0 bridgehead atoms. The number of carbonyl (C=O) groups excluding carboxylic acids is 1. The second-order valence-corrected chi connectivity index (χ2v) is 5.23. The Morgan fingerprint density at radius 1 is 1.43 bits per heavy atom. The highest BCUT2D eigenvalue weighted by Gasteiger charge is 2.27. The van der Waals surface area contributed by atoms with E-state index in [2.05, 4.69) is 5.32 Å². The van der Waals surface area contributed by atoms with Gasteiger partial charge < -0.3 is 10.4 Å². The van der Waals surface area contributed by atoms with Crippen molar-refractivity contribution in [2.75, 3.05) is 6.61 Å². The number of hydrogen-bond donors (Lipinski definition) is 2. The van der Waals surface area contributed by atoms with Gasteiger partial charge in [0.2, 0.25) is 0 Å². The average molecular weight is 296 g/mol. The van der Waals surface area contributed by atoms with E-state index in [1.54, 1.807) is 0 Å². The number of aliphatic hydroxyl groups excluding tert-OH is 1. The maximum absolute atomic E-state index is 13.7. The molecular formula is C14H17FN2O4. The largest absolute Gasteiger partial charge is 0.396 e. The van der Waals surface area contributed by atoms with Gasteiger partial charge in [0.05, 0.1) is 10.5 Å². The predicted molar refractivity (Wildman–Crippen MR) is 73.4 cm³/mol. The third kappa shape index (κ3) is 3.55. The Morgan fingerprint density at radius 2 is 2.14 bits per heavy atom. The normalized spacial score (nSPS) is 21.8. The van der Waals surface area contributed by atoms with Crippen LogP contribution in [-0.2, 0) is 0 Å². The molecule has 2 unspecified atom stereocenters. The highest BCUT2D eigenvalue weighted by molar-refractivity contribution is 5.95. The van der Waals surface area contributed by atoms with E-state index < -0.39 is 16.6 Å². The Hall–Kier alpha value is -2.02. The second-order valence-electron chi connectivity index (χ2n) is 5.23. The molecule has 1 aromatic rings. The first-order valence-corrected chi connectivity index (χ1v) is 6.88. The van der Waals surface area contributed by atoms with E-state index in [9.17, 15) is 24.4 Å².